The monoisotopic (exact) mass is 414 g/mol. The van der Waals surface area contributed by atoms with Crippen LogP contribution >= 0.6 is 0 Å². The van der Waals surface area contributed by atoms with Gasteiger partial charge in [-0.1, -0.05) is 6.42 Å². The van der Waals surface area contributed by atoms with Crippen LogP contribution in [0, 0.1) is 0 Å². The average Bonchev–Trinajstić information content (AvgIpc) is 3.29. The molecule has 3 heterocycles. The molecular weight excluding hydrogens is 388 g/mol. The zero-order valence-electron chi connectivity index (χ0n) is 16.4. The van der Waals surface area contributed by atoms with Crippen LogP contribution in [0.15, 0.2) is 47.6 Å². The van der Waals surface area contributed by atoms with Gasteiger partial charge in [0.05, 0.1) is 10.5 Å². The highest BCUT2D eigenvalue weighted by Crippen LogP contribution is 2.30. The molecule has 0 saturated carbocycles. The maximum Gasteiger partial charge on any atom is 0.257 e. The van der Waals surface area contributed by atoms with E-state index in [0.717, 1.165) is 50.9 Å². The van der Waals surface area contributed by atoms with Gasteiger partial charge in [-0.15, -0.1) is 0 Å². The number of rotatable bonds is 5. The largest absolute Gasteiger partial charge is 0.371 e. The average molecular weight is 415 g/mol. The molecule has 2 aliphatic rings. The van der Waals surface area contributed by atoms with Crippen molar-refractivity contribution in [2.24, 2.45) is 0 Å². The van der Waals surface area contributed by atoms with Gasteiger partial charge in [0, 0.05) is 49.9 Å². The van der Waals surface area contributed by atoms with Gasteiger partial charge < -0.3 is 10.2 Å². The first-order valence-electron chi connectivity index (χ1n) is 10.2. The number of sulfonamides is 1. The van der Waals surface area contributed by atoms with Crippen LogP contribution in [0.2, 0.25) is 0 Å². The summed E-state index contributed by atoms with van der Waals surface area (Å²) in [5, 5.41) is 2.87. The number of carbonyl (C=O) groups excluding carboxylic acids is 1. The van der Waals surface area contributed by atoms with Crippen molar-refractivity contribution >= 4 is 27.3 Å². The maximum absolute atomic E-state index is 13.1. The summed E-state index contributed by atoms with van der Waals surface area (Å²) < 4.78 is 27.8. The summed E-state index contributed by atoms with van der Waals surface area (Å²) in [6, 6.07) is 8.38. The second kappa shape index (κ2) is 8.51. The Bertz CT molecular complexity index is 967. The molecule has 1 N–H and O–H groups in total. The number of nitrogens with zero attached hydrogens (tertiary/aromatic N) is 3. The van der Waals surface area contributed by atoms with E-state index in [1.54, 1.807) is 36.7 Å². The van der Waals surface area contributed by atoms with Crippen LogP contribution < -0.4 is 10.2 Å². The Labute approximate surface area is 171 Å². The number of hydrogen-bond acceptors (Lipinski definition) is 5. The number of nitrogens with one attached hydrogen (secondary N) is 1. The summed E-state index contributed by atoms with van der Waals surface area (Å²) in [7, 11) is -3.61. The van der Waals surface area contributed by atoms with Gasteiger partial charge in [0.1, 0.15) is 0 Å². The quantitative estimate of drug-likeness (QED) is 0.813. The van der Waals surface area contributed by atoms with Crippen molar-refractivity contribution in [1.82, 2.24) is 9.29 Å². The zero-order valence-corrected chi connectivity index (χ0v) is 17.2. The summed E-state index contributed by atoms with van der Waals surface area (Å²) in [5.41, 5.74) is 1.80. The van der Waals surface area contributed by atoms with Crippen molar-refractivity contribution in [3.63, 3.8) is 0 Å². The van der Waals surface area contributed by atoms with Crippen LogP contribution in [0.25, 0.3) is 0 Å². The predicted molar refractivity (Wildman–Crippen MR) is 113 cm³/mol. The van der Waals surface area contributed by atoms with Gasteiger partial charge >= 0.3 is 0 Å². The first-order chi connectivity index (χ1) is 14.1. The first-order valence-corrected chi connectivity index (χ1v) is 11.6. The molecule has 0 unspecified atom stereocenters. The third kappa shape index (κ3) is 4.28. The van der Waals surface area contributed by atoms with Gasteiger partial charge in [0.25, 0.3) is 5.91 Å². The fourth-order valence-electron chi connectivity index (χ4n) is 3.98. The van der Waals surface area contributed by atoms with E-state index in [2.05, 4.69) is 15.2 Å². The molecule has 2 aliphatic heterocycles. The highest BCUT2D eigenvalue weighted by Gasteiger charge is 2.28. The standard InChI is InChI=1S/C21H26N4O3S/c26-21(23-17-8-10-22-11-9-17)19-16-18(6-7-20(19)24-12-4-5-13-24)29(27,28)25-14-2-1-3-15-25/h6-11,16H,1-5,12-15H2,(H,22,23,26). The first kappa shape index (κ1) is 19.8. The van der Waals surface area contributed by atoms with E-state index in [-0.39, 0.29) is 10.8 Å². The molecule has 0 spiro atoms. The SMILES string of the molecule is O=C(Nc1ccncc1)c1cc(S(=O)(=O)N2CCCCC2)ccc1N1CCCC1. The van der Waals surface area contributed by atoms with Crippen LogP contribution in [0.3, 0.4) is 0 Å². The highest BCUT2D eigenvalue weighted by molar-refractivity contribution is 7.89. The third-order valence-corrected chi connectivity index (χ3v) is 7.45. The van der Waals surface area contributed by atoms with Gasteiger partial charge in [-0.05, 0) is 56.0 Å². The smallest absolute Gasteiger partial charge is 0.257 e. The van der Waals surface area contributed by atoms with Crippen LogP contribution in [0.1, 0.15) is 42.5 Å². The predicted octanol–water partition coefficient (Wildman–Crippen LogP) is 3.11. The van der Waals surface area contributed by atoms with E-state index in [1.165, 1.54) is 10.4 Å². The Kier molecular flexibility index (Phi) is 5.82. The summed E-state index contributed by atoms with van der Waals surface area (Å²) >= 11 is 0. The second-order valence-electron chi connectivity index (χ2n) is 7.53. The maximum atomic E-state index is 13.1. The number of carbonyl (C=O) groups is 1. The molecule has 2 saturated heterocycles. The fourth-order valence-corrected chi connectivity index (χ4v) is 5.52. The van der Waals surface area contributed by atoms with E-state index in [9.17, 15) is 13.2 Å². The number of amides is 1. The van der Waals surface area contributed by atoms with Crippen LogP contribution in [-0.2, 0) is 10.0 Å². The lowest BCUT2D eigenvalue weighted by atomic mass is 10.1. The van der Waals surface area contributed by atoms with Gasteiger partial charge in [-0.25, -0.2) is 8.42 Å². The molecule has 1 aromatic carbocycles. The number of pyridine rings is 1. The molecule has 0 bridgehead atoms. The molecule has 0 radical (unpaired) electrons. The molecule has 154 valence electrons. The van der Waals surface area contributed by atoms with Gasteiger partial charge in [0.2, 0.25) is 10.0 Å². The molecule has 2 fully saturated rings. The minimum Gasteiger partial charge on any atom is -0.371 e. The Balaban J connectivity index is 1.69. The summed E-state index contributed by atoms with van der Waals surface area (Å²) in [6.45, 7) is 2.81. The van der Waals surface area contributed by atoms with Crippen molar-refractivity contribution in [3.8, 4) is 0 Å². The topological polar surface area (TPSA) is 82.6 Å². The number of piperidine rings is 1. The molecule has 1 amide bonds. The normalized spacial score (nSPS) is 18.0. The summed E-state index contributed by atoms with van der Waals surface area (Å²) in [6.07, 6.45) is 8.15. The van der Waals surface area contributed by atoms with Crippen molar-refractivity contribution in [1.29, 1.82) is 0 Å². The molecule has 2 aromatic rings. The van der Waals surface area contributed by atoms with E-state index in [4.69, 9.17) is 0 Å². The molecule has 8 heteroatoms. The van der Waals surface area contributed by atoms with E-state index in [0.29, 0.717) is 24.3 Å². The van der Waals surface area contributed by atoms with Crippen LogP contribution in [0.4, 0.5) is 11.4 Å². The van der Waals surface area contributed by atoms with E-state index >= 15 is 0 Å². The summed E-state index contributed by atoms with van der Waals surface area (Å²) in [4.78, 5) is 19.4. The Morgan fingerprint density at radius 2 is 1.55 bits per heavy atom. The number of aromatic nitrogens is 1. The minimum atomic E-state index is -3.61. The molecule has 0 atom stereocenters. The number of benzene rings is 1. The summed E-state index contributed by atoms with van der Waals surface area (Å²) in [5.74, 6) is -0.311. The van der Waals surface area contributed by atoms with Gasteiger partial charge in [-0.2, -0.15) is 4.31 Å². The molecule has 4 rings (SSSR count). The second-order valence-corrected chi connectivity index (χ2v) is 9.47. The Morgan fingerprint density at radius 3 is 2.24 bits per heavy atom. The molecule has 1 aromatic heterocycles. The number of hydrogen-bond donors (Lipinski definition) is 1. The Hall–Kier alpha value is -2.45. The molecule has 29 heavy (non-hydrogen) atoms. The molecule has 7 nitrogen and oxygen atoms in total. The van der Waals surface area contributed by atoms with Gasteiger partial charge in [0.15, 0.2) is 0 Å². The lowest BCUT2D eigenvalue weighted by Gasteiger charge is -2.27. The fraction of sp³-hybridized carbons (Fsp3) is 0.429. The van der Waals surface area contributed by atoms with E-state index < -0.39 is 10.0 Å². The van der Waals surface area contributed by atoms with Crippen LogP contribution in [-0.4, -0.2) is 49.8 Å². The lowest BCUT2D eigenvalue weighted by Crippen LogP contribution is -2.35. The third-order valence-electron chi connectivity index (χ3n) is 5.55. The van der Waals surface area contributed by atoms with Crippen molar-refractivity contribution in [3.05, 3.63) is 48.3 Å². The van der Waals surface area contributed by atoms with Gasteiger partial charge in [-0.3, -0.25) is 9.78 Å². The number of anilines is 2. The zero-order chi connectivity index (χ0) is 20.3. The van der Waals surface area contributed by atoms with E-state index in [1.807, 2.05) is 0 Å². The molecular formula is C21H26N4O3S. The molecule has 0 aliphatic carbocycles. The van der Waals surface area contributed by atoms with Crippen molar-refractivity contribution in [2.75, 3.05) is 36.4 Å². The lowest BCUT2D eigenvalue weighted by molar-refractivity contribution is 0.102. The van der Waals surface area contributed by atoms with Crippen molar-refractivity contribution in [2.45, 2.75) is 37.0 Å². The Morgan fingerprint density at radius 1 is 0.897 bits per heavy atom. The highest BCUT2D eigenvalue weighted by atomic mass is 32.2. The van der Waals surface area contributed by atoms with Crippen molar-refractivity contribution < 1.29 is 13.2 Å². The minimum absolute atomic E-state index is 0.183. The van der Waals surface area contributed by atoms with Crippen LogP contribution in [0.5, 0.6) is 0 Å².